The van der Waals surface area contributed by atoms with Gasteiger partial charge in [-0.1, -0.05) is 0 Å². The fourth-order valence-corrected chi connectivity index (χ4v) is 0.804. The first-order valence-corrected chi connectivity index (χ1v) is 4.13. The number of guanidine groups is 1. The SMILES string of the molecule is N=C(N)NCCC[C@H](N)C(=O)O[N+](=O)[O-]. The summed E-state index contributed by atoms with van der Waals surface area (Å²) in [5.41, 5.74) is 10.3. The summed E-state index contributed by atoms with van der Waals surface area (Å²) < 4.78 is 0. The Morgan fingerprint density at radius 1 is 1.67 bits per heavy atom. The van der Waals surface area contributed by atoms with Gasteiger partial charge in [-0.3, -0.25) is 10.2 Å². The Bertz CT molecular complexity index is 256. The normalized spacial score (nSPS) is 11.5. The van der Waals surface area contributed by atoms with E-state index >= 15 is 0 Å². The third-order valence-electron chi connectivity index (χ3n) is 1.47. The largest absolute Gasteiger partial charge is 0.370 e. The monoisotopic (exact) mass is 219 g/mol. The summed E-state index contributed by atoms with van der Waals surface area (Å²) in [6, 6.07) is -1.04. The topological polar surface area (TPSA) is 157 Å². The van der Waals surface area contributed by atoms with Gasteiger partial charge in [0, 0.05) is 6.54 Å². The number of nitrogens with two attached hydrogens (primary N) is 2. The molecular formula is C6H13N5O4. The Morgan fingerprint density at radius 3 is 2.73 bits per heavy atom. The van der Waals surface area contributed by atoms with Gasteiger partial charge in [0.05, 0.1) is 6.04 Å². The van der Waals surface area contributed by atoms with Crippen molar-refractivity contribution in [1.82, 2.24) is 5.32 Å². The zero-order chi connectivity index (χ0) is 11.8. The van der Waals surface area contributed by atoms with Gasteiger partial charge in [-0.15, -0.1) is 10.1 Å². The van der Waals surface area contributed by atoms with Crippen LogP contribution in [0.2, 0.25) is 0 Å². The van der Waals surface area contributed by atoms with Crippen LogP contribution in [-0.4, -0.2) is 29.6 Å². The smallest absolute Gasteiger partial charge is 0.320 e. The number of nitrogens with one attached hydrogen (secondary N) is 2. The molecule has 9 heteroatoms. The van der Waals surface area contributed by atoms with Crippen LogP contribution in [-0.2, 0) is 9.63 Å². The van der Waals surface area contributed by atoms with Gasteiger partial charge in [0.15, 0.2) is 5.96 Å². The lowest BCUT2D eigenvalue weighted by molar-refractivity contribution is -0.729. The van der Waals surface area contributed by atoms with E-state index in [2.05, 4.69) is 10.2 Å². The van der Waals surface area contributed by atoms with Gasteiger partial charge in [-0.25, -0.2) is 4.84 Å². The molecular weight excluding hydrogens is 206 g/mol. The molecule has 0 aromatic carbocycles. The molecule has 0 saturated heterocycles. The van der Waals surface area contributed by atoms with Crippen molar-refractivity contribution < 1.29 is 14.7 Å². The first kappa shape index (κ1) is 13.1. The van der Waals surface area contributed by atoms with Crippen LogP contribution in [0.25, 0.3) is 0 Å². The number of hydrogen-bond acceptors (Lipinski definition) is 6. The summed E-state index contributed by atoms with van der Waals surface area (Å²) in [5.74, 6) is -1.26. The van der Waals surface area contributed by atoms with E-state index in [-0.39, 0.29) is 12.4 Å². The van der Waals surface area contributed by atoms with Crippen molar-refractivity contribution in [2.24, 2.45) is 11.5 Å². The fraction of sp³-hybridized carbons (Fsp3) is 0.667. The second-order valence-corrected chi connectivity index (χ2v) is 2.72. The van der Waals surface area contributed by atoms with Crippen molar-refractivity contribution in [3.05, 3.63) is 10.1 Å². The Balaban J connectivity index is 3.64. The van der Waals surface area contributed by atoms with Crippen molar-refractivity contribution in [2.45, 2.75) is 18.9 Å². The van der Waals surface area contributed by atoms with Crippen LogP contribution in [0.1, 0.15) is 12.8 Å². The molecule has 0 aliphatic heterocycles. The molecule has 0 aliphatic rings. The van der Waals surface area contributed by atoms with Crippen LogP contribution in [0.5, 0.6) is 0 Å². The van der Waals surface area contributed by atoms with Crippen LogP contribution in [0.4, 0.5) is 0 Å². The van der Waals surface area contributed by atoms with E-state index in [0.29, 0.717) is 13.0 Å². The molecule has 0 radical (unpaired) electrons. The molecule has 0 rings (SSSR count). The van der Waals surface area contributed by atoms with Gasteiger partial charge in [0.1, 0.15) is 0 Å². The van der Waals surface area contributed by atoms with Gasteiger partial charge in [0.2, 0.25) is 0 Å². The number of nitrogens with zero attached hydrogens (tertiary/aromatic N) is 1. The summed E-state index contributed by atoms with van der Waals surface area (Å²) in [7, 11) is 0. The van der Waals surface area contributed by atoms with E-state index in [1.807, 2.05) is 0 Å². The minimum Gasteiger partial charge on any atom is -0.370 e. The molecule has 9 nitrogen and oxygen atoms in total. The molecule has 0 heterocycles. The third kappa shape index (κ3) is 7.19. The van der Waals surface area contributed by atoms with E-state index in [1.165, 1.54) is 0 Å². The zero-order valence-corrected chi connectivity index (χ0v) is 7.93. The van der Waals surface area contributed by atoms with Crippen LogP contribution in [0, 0.1) is 15.5 Å². The van der Waals surface area contributed by atoms with Crippen molar-refractivity contribution >= 4 is 11.9 Å². The lowest BCUT2D eigenvalue weighted by Gasteiger charge is -2.08. The molecule has 0 unspecified atom stereocenters. The van der Waals surface area contributed by atoms with Crippen molar-refractivity contribution in [2.75, 3.05) is 6.54 Å². The summed E-state index contributed by atoms with van der Waals surface area (Å²) in [4.78, 5) is 24.2. The first-order chi connectivity index (χ1) is 6.93. The summed E-state index contributed by atoms with van der Waals surface area (Å²) in [6.45, 7) is 0.370. The predicted molar refractivity (Wildman–Crippen MR) is 50.2 cm³/mol. The van der Waals surface area contributed by atoms with E-state index in [0.717, 1.165) is 0 Å². The second kappa shape index (κ2) is 6.54. The summed E-state index contributed by atoms with van der Waals surface area (Å²) in [6.07, 6.45) is 0.667. The number of rotatable bonds is 6. The van der Waals surface area contributed by atoms with E-state index in [4.69, 9.17) is 16.9 Å². The van der Waals surface area contributed by atoms with E-state index in [1.54, 1.807) is 0 Å². The maximum atomic E-state index is 10.8. The Kier molecular flexibility index (Phi) is 5.71. The van der Waals surface area contributed by atoms with E-state index < -0.39 is 17.1 Å². The molecule has 0 aromatic rings. The number of carbonyl (C=O) groups is 1. The van der Waals surface area contributed by atoms with Crippen LogP contribution in [0.15, 0.2) is 0 Å². The van der Waals surface area contributed by atoms with Gasteiger partial charge >= 0.3 is 11.1 Å². The standard InChI is InChI=1S/C6H13N5O4/c7-4(5(12)15-11(13)14)2-1-3-10-6(8)9/h4H,1-3,7H2,(H4,8,9,10)/t4-/m0/s1. The number of hydrogen-bond donors (Lipinski definition) is 4. The maximum absolute atomic E-state index is 10.8. The third-order valence-corrected chi connectivity index (χ3v) is 1.47. The van der Waals surface area contributed by atoms with E-state index in [9.17, 15) is 14.9 Å². The van der Waals surface area contributed by atoms with Gasteiger partial charge in [-0.05, 0) is 12.8 Å². The Labute approximate surface area is 85.4 Å². The minimum atomic E-state index is -1.20. The summed E-state index contributed by atoms with van der Waals surface area (Å²) >= 11 is 0. The molecule has 6 N–H and O–H groups in total. The Hall–Kier alpha value is -1.90. The van der Waals surface area contributed by atoms with Crippen molar-refractivity contribution in [3.8, 4) is 0 Å². The van der Waals surface area contributed by atoms with Crippen molar-refractivity contribution in [3.63, 3.8) is 0 Å². The molecule has 0 amide bonds. The molecule has 0 bridgehead atoms. The quantitative estimate of drug-likeness (QED) is 0.136. The molecule has 86 valence electrons. The summed E-state index contributed by atoms with van der Waals surface area (Å²) in [5, 5.41) is 17.9. The fourth-order valence-electron chi connectivity index (χ4n) is 0.804. The zero-order valence-electron chi connectivity index (χ0n) is 7.93. The first-order valence-electron chi connectivity index (χ1n) is 4.13. The molecule has 0 fully saturated rings. The Morgan fingerprint density at radius 2 is 2.27 bits per heavy atom. The molecule has 0 saturated carbocycles. The van der Waals surface area contributed by atoms with Crippen LogP contribution >= 0.6 is 0 Å². The van der Waals surface area contributed by atoms with Crippen molar-refractivity contribution in [1.29, 1.82) is 5.41 Å². The van der Waals surface area contributed by atoms with Gasteiger partial charge in [0.25, 0.3) is 0 Å². The lowest BCUT2D eigenvalue weighted by atomic mass is 10.2. The molecule has 0 aliphatic carbocycles. The molecule has 0 aromatic heterocycles. The lowest BCUT2D eigenvalue weighted by Crippen LogP contribution is -2.35. The molecule has 0 spiro atoms. The van der Waals surface area contributed by atoms with Gasteiger partial charge < -0.3 is 16.8 Å². The average Bonchev–Trinajstić information content (AvgIpc) is 2.10. The predicted octanol–water partition coefficient (Wildman–Crippen LogP) is -1.69. The van der Waals surface area contributed by atoms with Crippen LogP contribution < -0.4 is 16.8 Å². The maximum Gasteiger partial charge on any atom is 0.320 e. The minimum absolute atomic E-state index is 0.184. The average molecular weight is 219 g/mol. The molecule has 1 atom stereocenters. The highest BCUT2D eigenvalue weighted by molar-refractivity contribution is 5.75. The second-order valence-electron chi connectivity index (χ2n) is 2.72. The van der Waals surface area contributed by atoms with Crippen LogP contribution in [0.3, 0.4) is 0 Å². The number of carbonyl (C=O) groups excluding carboxylic acids is 1. The highest BCUT2D eigenvalue weighted by atomic mass is 17.0. The highest BCUT2D eigenvalue weighted by Crippen LogP contribution is 1.96. The van der Waals surface area contributed by atoms with Gasteiger partial charge in [-0.2, -0.15) is 0 Å². The highest BCUT2D eigenvalue weighted by Gasteiger charge is 2.16. The molecule has 15 heavy (non-hydrogen) atoms.